The van der Waals surface area contributed by atoms with Crippen LogP contribution in [0.5, 0.6) is 0 Å². The molecule has 0 aliphatic heterocycles. The number of imidazole rings is 1. The molecule has 0 N–H and O–H groups in total. The highest BCUT2D eigenvalue weighted by Crippen LogP contribution is 2.01. The smallest absolute Gasteiger partial charge is 0.108 e. The summed E-state index contributed by atoms with van der Waals surface area (Å²) in [5.41, 5.74) is 0. The van der Waals surface area contributed by atoms with Crippen LogP contribution < -0.4 is 0 Å². The maximum atomic E-state index is 4.25. The van der Waals surface area contributed by atoms with E-state index < -0.39 is 0 Å². The third-order valence-electron chi connectivity index (χ3n) is 1.62. The summed E-state index contributed by atoms with van der Waals surface area (Å²) in [4.78, 5) is 4.25. The van der Waals surface area contributed by atoms with Crippen molar-refractivity contribution in [2.24, 2.45) is 0 Å². The van der Waals surface area contributed by atoms with Crippen molar-refractivity contribution >= 4 is 12.6 Å². The zero-order chi connectivity index (χ0) is 8.10. The minimum atomic E-state index is 0.882. The van der Waals surface area contributed by atoms with E-state index in [9.17, 15) is 0 Å². The standard InChI is InChI=1S/C8H14N2S/c1-2-3-8-9-4-5-10(8)6-7-11/h4-5,11H,2-3,6-7H2,1H3. The van der Waals surface area contributed by atoms with Gasteiger partial charge in [0.25, 0.3) is 0 Å². The Morgan fingerprint density at radius 1 is 1.64 bits per heavy atom. The second-order valence-electron chi connectivity index (χ2n) is 2.51. The van der Waals surface area contributed by atoms with E-state index in [4.69, 9.17) is 0 Å². The number of hydrogen-bond donors (Lipinski definition) is 1. The Kier molecular flexibility index (Phi) is 3.49. The molecule has 2 nitrogen and oxygen atoms in total. The van der Waals surface area contributed by atoms with Gasteiger partial charge in [-0.05, 0) is 6.42 Å². The molecule has 1 heterocycles. The van der Waals surface area contributed by atoms with Gasteiger partial charge in [-0.1, -0.05) is 6.92 Å². The van der Waals surface area contributed by atoms with Gasteiger partial charge in [-0.15, -0.1) is 0 Å². The number of thiol groups is 1. The van der Waals surface area contributed by atoms with Crippen LogP contribution in [-0.2, 0) is 13.0 Å². The fourth-order valence-electron chi connectivity index (χ4n) is 1.10. The molecule has 0 saturated heterocycles. The van der Waals surface area contributed by atoms with Crippen LogP contribution >= 0.6 is 12.6 Å². The third-order valence-corrected chi connectivity index (χ3v) is 1.82. The van der Waals surface area contributed by atoms with Gasteiger partial charge in [0.2, 0.25) is 0 Å². The van der Waals surface area contributed by atoms with Crippen molar-refractivity contribution in [2.45, 2.75) is 26.3 Å². The summed E-state index contributed by atoms with van der Waals surface area (Å²) in [7, 11) is 0. The van der Waals surface area contributed by atoms with Gasteiger partial charge < -0.3 is 4.57 Å². The van der Waals surface area contributed by atoms with Crippen molar-refractivity contribution in [1.82, 2.24) is 9.55 Å². The highest BCUT2D eigenvalue weighted by atomic mass is 32.1. The van der Waals surface area contributed by atoms with Gasteiger partial charge >= 0.3 is 0 Å². The van der Waals surface area contributed by atoms with E-state index >= 15 is 0 Å². The van der Waals surface area contributed by atoms with Crippen molar-refractivity contribution in [3.63, 3.8) is 0 Å². The number of hydrogen-bond acceptors (Lipinski definition) is 2. The summed E-state index contributed by atoms with van der Waals surface area (Å²) in [5.74, 6) is 2.06. The van der Waals surface area contributed by atoms with Gasteiger partial charge in [0.1, 0.15) is 5.82 Å². The number of rotatable bonds is 4. The van der Waals surface area contributed by atoms with E-state index in [0.29, 0.717) is 0 Å². The highest BCUT2D eigenvalue weighted by Gasteiger charge is 1.98. The summed E-state index contributed by atoms with van der Waals surface area (Å²) in [6.45, 7) is 3.14. The zero-order valence-electron chi connectivity index (χ0n) is 6.82. The van der Waals surface area contributed by atoms with Crippen LogP contribution in [0.2, 0.25) is 0 Å². The first-order valence-corrected chi connectivity index (χ1v) is 4.62. The Bertz CT molecular complexity index is 187. The second-order valence-corrected chi connectivity index (χ2v) is 2.96. The van der Waals surface area contributed by atoms with Crippen LogP contribution in [0.1, 0.15) is 19.2 Å². The lowest BCUT2D eigenvalue weighted by Gasteiger charge is -2.03. The summed E-state index contributed by atoms with van der Waals surface area (Å²) in [6.07, 6.45) is 6.10. The van der Waals surface area contributed by atoms with Crippen LogP contribution in [-0.4, -0.2) is 15.3 Å². The van der Waals surface area contributed by atoms with Gasteiger partial charge in [-0.25, -0.2) is 4.98 Å². The molecule has 1 rings (SSSR count). The van der Waals surface area contributed by atoms with Crippen molar-refractivity contribution in [3.05, 3.63) is 18.2 Å². The largest absolute Gasteiger partial charge is 0.334 e. The first-order valence-electron chi connectivity index (χ1n) is 3.99. The molecular formula is C8H14N2S. The van der Waals surface area contributed by atoms with Crippen LogP contribution in [0.15, 0.2) is 12.4 Å². The van der Waals surface area contributed by atoms with Gasteiger partial charge in [0.05, 0.1) is 0 Å². The predicted molar refractivity (Wildman–Crippen MR) is 50.1 cm³/mol. The first kappa shape index (κ1) is 8.65. The molecule has 0 bridgehead atoms. The summed E-state index contributed by atoms with van der Waals surface area (Å²) < 4.78 is 2.16. The number of nitrogens with zero attached hydrogens (tertiary/aromatic N) is 2. The lowest BCUT2D eigenvalue weighted by atomic mass is 10.3. The second kappa shape index (κ2) is 4.44. The fourth-order valence-corrected chi connectivity index (χ4v) is 1.32. The Morgan fingerprint density at radius 2 is 2.45 bits per heavy atom. The molecule has 0 radical (unpaired) electrons. The fraction of sp³-hybridized carbons (Fsp3) is 0.625. The topological polar surface area (TPSA) is 17.8 Å². The predicted octanol–water partition coefficient (Wildman–Crippen LogP) is 1.77. The molecule has 1 aromatic heterocycles. The summed E-state index contributed by atoms with van der Waals surface area (Å²) in [5, 5.41) is 0. The summed E-state index contributed by atoms with van der Waals surface area (Å²) in [6, 6.07) is 0. The Hall–Kier alpha value is -0.440. The van der Waals surface area contributed by atoms with E-state index in [-0.39, 0.29) is 0 Å². The SMILES string of the molecule is CCCc1nccn1CCS. The minimum Gasteiger partial charge on any atom is -0.334 e. The normalized spacial score (nSPS) is 10.4. The average Bonchev–Trinajstić information content (AvgIpc) is 2.39. The molecule has 1 aromatic rings. The Balaban J connectivity index is 2.62. The van der Waals surface area contributed by atoms with E-state index in [1.54, 1.807) is 0 Å². The first-order chi connectivity index (χ1) is 5.38. The minimum absolute atomic E-state index is 0.882. The average molecular weight is 170 g/mol. The lowest BCUT2D eigenvalue weighted by Crippen LogP contribution is -2.03. The molecule has 0 aromatic carbocycles. The van der Waals surface area contributed by atoms with Crippen molar-refractivity contribution in [2.75, 3.05) is 5.75 Å². The maximum Gasteiger partial charge on any atom is 0.108 e. The molecule has 0 amide bonds. The molecule has 0 saturated carbocycles. The van der Waals surface area contributed by atoms with E-state index in [1.165, 1.54) is 5.82 Å². The van der Waals surface area contributed by atoms with Crippen LogP contribution in [0, 0.1) is 0 Å². The van der Waals surface area contributed by atoms with Gasteiger partial charge in [-0.3, -0.25) is 0 Å². The molecule has 11 heavy (non-hydrogen) atoms. The third kappa shape index (κ3) is 2.26. The summed E-state index contributed by atoms with van der Waals surface area (Å²) >= 11 is 4.17. The van der Waals surface area contributed by atoms with Crippen LogP contribution in [0.4, 0.5) is 0 Å². The molecule has 0 atom stereocenters. The lowest BCUT2D eigenvalue weighted by molar-refractivity contribution is 0.690. The highest BCUT2D eigenvalue weighted by molar-refractivity contribution is 7.80. The molecule has 0 aliphatic rings. The number of aromatic nitrogens is 2. The molecule has 0 unspecified atom stereocenters. The van der Waals surface area contributed by atoms with Crippen molar-refractivity contribution in [1.29, 1.82) is 0 Å². The molecule has 62 valence electrons. The van der Waals surface area contributed by atoms with Crippen LogP contribution in [0.25, 0.3) is 0 Å². The van der Waals surface area contributed by atoms with Gasteiger partial charge in [-0.2, -0.15) is 12.6 Å². The Morgan fingerprint density at radius 3 is 3.09 bits per heavy atom. The molecule has 0 spiro atoms. The quantitative estimate of drug-likeness (QED) is 0.682. The number of aryl methyl sites for hydroxylation is 2. The van der Waals surface area contributed by atoms with Gasteiger partial charge in [0.15, 0.2) is 0 Å². The molecule has 0 fully saturated rings. The maximum absolute atomic E-state index is 4.25. The van der Waals surface area contributed by atoms with E-state index in [2.05, 4.69) is 29.1 Å². The van der Waals surface area contributed by atoms with Gasteiger partial charge in [0, 0.05) is 31.1 Å². The van der Waals surface area contributed by atoms with Crippen molar-refractivity contribution in [3.8, 4) is 0 Å². The van der Waals surface area contributed by atoms with Crippen LogP contribution in [0.3, 0.4) is 0 Å². The monoisotopic (exact) mass is 170 g/mol. The molecular weight excluding hydrogens is 156 g/mol. The Labute approximate surface area is 73.0 Å². The van der Waals surface area contributed by atoms with Crippen molar-refractivity contribution < 1.29 is 0 Å². The molecule has 0 aliphatic carbocycles. The molecule has 3 heteroatoms. The van der Waals surface area contributed by atoms with E-state index in [0.717, 1.165) is 25.1 Å². The van der Waals surface area contributed by atoms with E-state index in [1.807, 2.05) is 12.4 Å². The zero-order valence-corrected chi connectivity index (χ0v) is 7.72.